The zero-order chi connectivity index (χ0) is 23.6. The smallest absolute Gasteiger partial charge is 0.0234 e. The van der Waals surface area contributed by atoms with Crippen molar-refractivity contribution in [2.75, 3.05) is 53.9 Å². The van der Waals surface area contributed by atoms with Crippen molar-refractivity contribution in [1.82, 2.24) is 14.7 Å². The molecule has 0 aliphatic rings. The summed E-state index contributed by atoms with van der Waals surface area (Å²) in [5.41, 5.74) is 5.60. The maximum atomic E-state index is 2.66. The summed E-state index contributed by atoms with van der Waals surface area (Å²) in [5, 5.41) is 2.67. The van der Waals surface area contributed by atoms with E-state index in [1.165, 1.54) is 52.4 Å². The number of nitrogens with zero attached hydrogens (tertiary/aromatic N) is 3. The Morgan fingerprint density at radius 3 is 2.03 bits per heavy atom. The van der Waals surface area contributed by atoms with Crippen LogP contribution in [0.25, 0.3) is 10.8 Å². The molecule has 0 saturated heterocycles. The van der Waals surface area contributed by atoms with Gasteiger partial charge in [-0.15, -0.1) is 0 Å². The molecule has 0 atom stereocenters. The molecule has 33 heavy (non-hydrogen) atoms. The van der Waals surface area contributed by atoms with Crippen LogP contribution in [0.1, 0.15) is 35.1 Å². The van der Waals surface area contributed by atoms with E-state index < -0.39 is 0 Å². The average molecular weight is 446 g/mol. The number of aryl methyl sites for hydroxylation is 2. The molecule has 3 heteroatoms. The van der Waals surface area contributed by atoms with Crippen LogP contribution in [-0.4, -0.2) is 68.6 Å². The van der Waals surface area contributed by atoms with E-state index in [4.69, 9.17) is 0 Å². The highest BCUT2D eigenvalue weighted by Gasteiger charge is 2.09. The van der Waals surface area contributed by atoms with Crippen LogP contribution < -0.4 is 0 Å². The minimum Gasteiger partial charge on any atom is -0.308 e. The molecule has 0 radical (unpaired) electrons. The van der Waals surface area contributed by atoms with E-state index in [1.807, 2.05) is 0 Å². The molecule has 0 aliphatic carbocycles. The van der Waals surface area contributed by atoms with Crippen molar-refractivity contribution >= 4 is 10.8 Å². The molecule has 0 bridgehead atoms. The second kappa shape index (κ2) is 12.9. The van der Waals surface area contributed by atoms with Gasteiger partial charge in [0.05, 0.1) is 0 Å². The lowest BCUT2D eigenvalue weighted by molar-refractivity contribution is 0.244. The number of hydrogen-bond acceptors (Lipinski definition) is 3. The van der Waals surface area contributed by atoms with Crippen molar-refractivity contribution in [2.45, 2.75) is 39.7 Å². The standard InChI is InChI=1S/C30H43N3/c1-25-20-26(2)22-28(21-25)24-33(16-9-8-15-32(5)19-18-31(3)4)17-14-27-12-13-29-10-6-7-11-30(29)23-27/h6-7,10-13,20-23H,8-9,14-19,24H2,1-5H3. The number of fused-ring (bicyclic) bond motifs is 1. The summed E-state index contributed by atoms with van der Waals surface area (Å²) in [6, 6.07) is 22.6. The Bertz CT molecular complexity index is 975. The molecule has 0 spiro atoms. The monoisotopic (exact) mass is 445 g/mol. The van der Waals surface area contributed by atoms with E-state index in [9.17, 15) is 0 Å². The molecule has 0 fully saturated rings. The van der Waals surface area contributed by atoms with E-state index in [0.717, 1.165) is 39.1 Å². The molecule has 3 aromatic carbocycles. The second-order valence-corrected chi connectivity index (χ2v) is 10.0. The highest BCUT2D eigenvalue weighted by atomic mass is 15.1. The topological polar surface area (TPSA) is 9.72 Å². The van der Waals surface area contributed by atoms with Crippen LogP contribution in [0, 0.1) is 13.8 Å². The Hall–Kier alpha value is -2.20. The third kappa shape index (κ3) is 8.92. The molecule has 0 heterocycles. The fourth-order valence-corrected chi connectivity index (χ4v) is 4.57. The summed E-state index contributed by atoms with van der Waals surface area (Å²) < 4.78 is 0. The van der Waals surface area contributed by atoms with E-state index in [0.29, 0.717) is 0 Å². The van der Waals surface area contributed by atoms with Crippen LogP contribution >= 0.6 is 0 Å². The summed E-state index contributed by atoms with van der Waals surface area (Å²) in [6.07, 6.45) is 3.59. The molecule has 3 aromatic rings. The number of benzene rings is 3. The quantitative estimate of drug-likeness (QED) is 0.309. The second-order valence-electron chi connectivity index (χ2n) is 10.0. The first kappa shape index (κ1) is 25.4. The maximum Gasteiger partial charge on any atom is 0.0234 e. The highest BCUT2D eigenvalue weighted by molar-refractivity contribution is 5.82. The predicted octanol–water partition coefficient (Wildman–Crippen LogP) is 5.77. The zero-order valence-corrected chi connectivity index (χ0v) is 21.5. The van der Waals surface area contributed by atoms with Gasteiger partial charge in [0.2, 0.25) is 0 Å². The fourth-order valence-electron chi connectivity index (χ4n) is 4.57. The van der Waals surface area contributed by atoms with Gasteiger partial charge in [-0.05, 0) is 89.2 Å². The lowest BCUT2D eigenvalue weighted by Gasteiger charge is -2.24. The molecular formula is C30H43N3. The molecule has 0 aromatic heterocycles. The van der Waals surface area contributed by atoms with Gasteiger partial charge in [-0.2, -0.15) is 0 Å². The van der Waals surface area contributed by atoms with Crippen molar-refractivity contribution in [3.05, 3.63) is 82.9 Å². The highest BCUT2D eigenvalue weighted by Crippen LogP contribution is 2.17. The Morgan fingerprint density at radius 2 is 1.30 bits per heavy atom. The van der Waals surface area contributed by atoms with Crippen molar-refractivity contribution in [3.63, 3.8) is 0 Å². The van der Waals surface area contributed by atoms with Gasteiger partial charge in [-0.3, -0.25) is 4.90 Å². The van der Waals surface area contributed by atoms with Gasteiger partial charge < -0.3 is 9.80 Å². The van der Waals surface area contributed by atoms with Crippen LogP contribution in [0.3, 0.4) is 0 Å². The molecular weight excluding hydrogens is 402 g/mol. The van der Waals surface area contributed by atoms with Crippen molar-refractivity contribution in [3.8, 4) is 0 Å². The van der Waals surface area contributed by atoms with Crippen LogP contribution in [0.4, 0.5) is 0 Å². The third-order valence-electron chi connectivity index (χ3n) is 6.41. The van der Waals surface area contributed by atoms with E-state index in [-0.39, 0.29) is 0 Å². The summed E-state index contributed by atoms with van der Waals surface area (Å²) >= 11 is 0. The normalized spacial score (nSPS) is 11.9. The summed E-state index contributed by atoms with van der Waals surface area (Å²) in [7, 11) is 6.54. The largest absolute Gasteiger partial charge is 0.308 e. The SMILES string of the molecule is Cc1cc(C)cc(CN(CCCCN(C)CCN(C)C)CCc2ccc3ccccc3c2)c1. The van der Waals surface area contributed by atoms with Gasteiger partial charge in [0, 0.05) is 26.2 Å². The lowest BCUT2D eigenvalue weighted by Crippen LogP contribution is -2.30. The van der Waals surface area contributed by atoms with Gasteiger partial charge >= 0.3 is 0 Å². The fraction of sp³-hybridized carbons (Fsp3) is 0.467. The minimum absolute atomic E-state index is 1.03. The Balaban J connectivity index is 1.58. The molecule has 0 saturated carbocycles. The Labute approximate surface area is 202 Å². The molecule has 0 amide bonds. The van der Waals surface area contributed by atoms with Gasteiger partial charge in [0.15, 0.2) is 0 Å². The number of unbranched alkanes of at least 4 members (excludes halogenated alkanes) is 1. The summed E-state index contributed by atoms with van der Waals surface area (Å²) in [5.74, 6) is 0. The summed E-state index contributed by atoms with van der Waals surface area (Å²) in [4.78, 5) is 7.38. The van der Waals surface area contributed by atoms with Crippen molar-refractivity contribution in [1.29, 1.82) is 0 Å². The number of hydrogen-bond donors (Lipinski definition) is 0. The van der Waals surface area contributed by atoms with Crippen molar-refractivity contribution < 1.29 is 0 Å². The van der Waals surface area contributed by atoms with Crippen molar-refractivity contribution in [2.24, 2.45) is 0 Å². The van der Waals surface area contributed by atoms with Gasteiger partial charge in [-0.1, -0.05) is 71.8 Å². The summed E-state index contributed by atoms with van der Waals surface area (Å²) in [6.45, 7) is 11.1. The Kier molecular flexibility index (Phi) is 9.93. The first-order valence-corrected chi connectivity index (χ1v) is 12.5. The van der Waals surface area contributed by atoms with Crippen LogP contribution in [0.2, 0.25) is 0 Å². The van der Waals surface area contributed by atoms with E-state index in [1.54, 1.807) is 0 Å². The molecule has 0 N–H and O–H groups in total. The van der Waals surface area contributed by atoms with Gasteiger partial charge in [0.1, 0.15) is 0 Å². The minimum atomic E-state index is 1.03. The molecule has 0 aliphatic heterocycles. The third-order valence-corrected chi connectivity index (χ3v) is 6.41. The number of rotatable bonds is 13. The Morgan fingerprint density at radius 1 is 0.606 bits per heavy atom. The molecule has 0 unspecified atom stereocenters. The zero-order valence-electron chi connectivity index (χ0n) is 21.5. The predicted molar refractivity (Wildman–Crippen MR) is 144 cm³/mol. The van der Waals surface area contributed by atoms with E-state index in [2.05, 4.69) is 110 Å². The van der Waals surface area contributed by atoms with Crippen LogP contribution in [-0.2, 0) is 13.0 Å². The first-order valence-electron chi connectivity index (χ1n) is 12.5. The van der Waals surface area contributed by atoms with Gasteiger partial charge in [-0.25, -0.2) is 0 Å². The molecule has 3 rings (SSSR count). The maximum absolute atomic E-state index is 2.66. The molecule has 3 nitrogen and oxygen atoms in total. The first-order chi connectivity index (χ1) is 15.9. The van der Waals surface area contributed by atoms with Crippen LogP contribution in [0.5, 0.6) is 0 Å². The average Bonchev–Trinajstić information content (AvgIpc) is 2.78. The number of likely N-dealkylation sites (N-methyl/N-ethyl adjacent to an activating group) is 2. The van der Waals surface area contributed by atoms with Crippen LogP contribution in [0.15, 0.2) is 60.7 Å². The lowest BCUT2D eigenvalue weighted by atomic mass is 10.0. The van der Waals surface area contributed by atoms with E-state index >= 15 is 0 Å². The molecule has 178 valence electrons. The van der Waals surface area contributed by atoms with Gasteiger partial charge in [0.25, 0.3) is 0 Å².